The van der Waals surface area contributed by atoms with E-state index in [2.05, 4.69) is 13.8 Å². The minimum Gasteiger partial charge on any atom is -0.431 e. The van der Waals surface area contributed by atoms with Crippen molar-refractivity contribution in [3.63, 3.8) is 0 Å². The maximum Gasteiger partial charge on any atom is 0.335 e. The summed E-state index contributed by atoms with van der Waals surface area (Å²) in [6, 6.07) is 2.60. The third-order valence-electron chi connectivity index (χ3n) is 11.6. The maximum atomic E-state index is 12.9. The van der Waals surface area contributed by atoms with Gasteiger partial charge >= 0.3 is 5.63 Å². The Morgan fingerprint density at radius 2 is 1.86 bits per heavy atom. The second-order valence-electron chi connectivity index (χ2n) is 13.0. The van der Waals surface area contributed by atoms with Crippen LogP contribution in [0.5, 0.6) is 0 Å². The zero-order valence-electron chi connectivity index (χ0n) is 22.4. The van der Waals surface area contributed by atoms with Crippen molar-refractivity contribution >= 4 is 11.8 Å². The summed E-state index contributed by atoms with van der Waals surface area (Å²) < 4.78 is 5.21. The quantitative estimate of drug-likeness (QED) is 0.553. The Labute approximate surface area is 219 Å². The molecule has 204 valence electrons. The molecule has 8 nitrogen and oxygen atoms in total. The molecule has 4 aliphatic carbocycles. The summed E-state index contributed by atoms with van der Waals surface area (Å²) in [5, 5.41) is 12.4. The highest BCUT2D eigenvalue weighted by Crippen LogP contribution is 2.70. The Bertz CT molecular complexity index is 1100. The van der Waals surface area contributed by atoms with Crippen LogP contribution in [0, 0.1) is 28.6 Å². The van der Waals surface area contributed by atoms with E-state index in [1.165, 1.54) is 6.07 Å². The Hall–Kier alpha value is -2.19. The lowest BCUT2D eigenvalue weighted by Crippen LogP contribution is -2.62. The van der Waals surface area contributed by atoms with Crippen molar-refractivity contribution in [2.45, 2.75) is 102 Å². The molecule has 0 radical (unpaired) electrons. The fraction of sp³-hybridized carbons (Fsp3) is 0.759. The van der Waals surface area contributed by atoms with Gasteiger partial charge in [-0.05, 0) is 98.5 Å². The van der Waals surface area contributed by atoms with E-state index < -0.39 is 17.6 Å². The molecule has 5 N–H and O–H groups in total. The summed E-state index contributed by atoms with van der Waals surface area (Å²) in [7, 11) is 1.81. The van der Waals surface area contributed by atoms with Crippen molar-refractivity contribution in [1.82, 2.24) is 4.90 Å². The highest BCUT2D eigenvalue weighted by Gasteiger charge is 2.67. The minimum absolute atomic E-state index is 0.113. The lowest BCUT2D eigenvalue weighted by Gasteiger charge is -2.64. The number of likely N-dealkylation sites (N-methyl/N-ethyl adjacent to an activating group) is 1. The van der Waals surface area contributed by atoms with E-state index in [0.717, 1.165) is 63.4 Å². The summed E-state index contributed by atoms with van der Waals surface area (Å²) in [5.41, 5.74) is 11.1. The lowest BCUT2D eigenvalue weighted by atomic mass is 9.43. The summed E-state index contributed by atoms with van der Waals surface area (Å²) in [5.74, 6) is 0.621. The van der Waals surface area contributed by atoms with Crippen LogP contribution >= 0.6 is 0 Å². The normalized spacial score (nSPS) is 41.7. The van der Waals surface area contributed by atoms with Crippen LogP contribution < -0.4 is 17.1 Å². The molecule has 0 bridgehead atoms. The zero-order valence-corrected chi connectivity index (χ0v) is 22.4. The molecule has 9 atom stereocenters. The number of amides is 2. The Morgan fingerprint density at radius 3 is 2.54 bits per heavy atom. The van der Waals surface area contributed by atoms with Gasteiger partial charge in [0.2, 0.25) is 11.8 Å². The highest BCUT2D eigenvalue weighted by atomic mass is 16.4. The number of carbonyl (C=O) groups is 2. The molecule has 1 aromatic rings. The molecule has 1 aromatic heterocycles. The fourth-order valence-corrected chi connectivity index (χ4v) is 9.40. The van der Waals surface area contributed by atoms with Crippen LogP contribution in [-0.4, -0.2) is 46.6 Å². The molecule has 37 heavy (non-hydrogen) atoms. The number of fused-ring (bicyclic) bond motifs is 5. The monoisotopic (exact) mass is 513 g/mol. The van der Waals surface area contributed by atoms with Gasteiger partial charge in [0.25, 0.3) is 0 Å². The van der Waals surface area contributed by atoms with Crippen LogP contribution in [0.2, 0.25) is 0 Å². The van der Waals surface area contributed by atoms with Crippen molar-refractivity contribution in [2.75, 3.05) is 7.05 Å². The largest absolute Gasteiger partial charge is 0.431 e. The molecule has 2 amide bonds. The number of primary amides is 1. The minimum atomic E-state index is -0.884. The molecule has 5 rings (SSSR count). The van der Waals surface area contributed by atoms with Crippen molar-refractivity contribution in [3.8, 4) is 0 Å². The van der Waals surface area contributed by atoms with Gasteiger partial charge in [-0.15, -0.1) is 0 Å². The third kappa shape index (κ3) is 4.06. The number of nitrogens with zero attached hydrogens (tertiary/aromatic N) is 1. The standard InChI is InChI=1S/C29H43N3O5/c1-27-11-8-19(32(3)26(35)23(30)15-24(31)33)14-18(27)5-6-22-21(27)9-12-28(2)20(10-13-29(22,28)36)17-4-7-25(34)37-16-17/h4,7,16,18-23,36H,5-6,8-15,30H2,1-3H3,(H2,31,33)/t18-,19+,20-,21+,22-,23-,27+,28-,29+/m1/s1. The van der Waals surface area contributed by atoms with Gasteiger partial charge in [-0.2, -0.15) is 0 Å². The van der Waals surface area contributed by atoms with E-state index in [1.807, 2.05) is 6.07 Å². The second kappa shape index (κ2) is 9.23. The first-order chi connectivity index (χ1) is 17.4. The van der Waals surface area contributed by atoms with Gasteiger partial charge in [0.05, 0.1) is 24.3 Å². The lowest BCUT2D eigenvalue weighted by molar-refractivity contribution is -0.203. The van der Waals surface area contributed by atoms with Gasteiger partial charge in [-0.3, -0.25) is 9.59 Å². The summed E-state index contributed by atoms with van der Waals surface area (Å²) in [6.45, 7) is 4.68. The number of aliphatic hydroxyl groups is 1. The van der Waals surface area contributed by atoms with Gasteiger partial charge < -0.3 is 25.9 Å². The molecule has 0 unspecified atom stereocenters. The topological polar surface area (TPSA) is 140 Å². The summed E-state index contributed by atoms with van der Waals surface area (Å²) >= 11 is 0. The third-order valence-corrected chi connectivity index (χ3v) is 11.6. The molecule has 4 fully saturated rings. The number of nitrogens with two attached hydrogens (primary N) is 2. The van der Waals surface area contributed by atoms with Crippen molar-refractivity contribution in [1.29, 1.82) is 0 Å². The first-order valence-corrected chi connectivity index (χ1v) is 14.0. The molecule has 0 aromatic carbocycles. The van der Waals surface area contributed by atoms with E-state index in [4.69, 9.17) is 15.9 Å². The van der Waals surface area contributed by atoms with Crippen LogP contribution in [0.3, 0.4) is 0 Å². The van der Waals surface area contributed by atoms with Gasteiger partial charge in [0.1, 0.15) is 0 Å². The van der Waals surface area contributed by atoms with Crippen LogP contribution in [0.15, 0.2) is 27.6 Å². The Kier molecular flexibility index (Phi) is 6.59. The Morgan fingerprint density at radius 1 is 1.11 bits per heavy atom. The molecule has 0 saturated heterocycles. The molecular formula is C29H43N3O5. The van der Waals surface area contributed by atoms with Crippen LogP contribution in [0.1, 0.15) is 89.5 Å². The van der Waals surface area contributed by atoms with Crippen LogP contribution in [-0.2, 0) is 9.59 Å². The Balaban J connectivity index is 1.33. The molecular weight excluding hydrogens is 470 g/mol. The van der Waals surface area contributed by atoms with E-state index >= 15 is 0 Å². The molecule has 0 spiro atoms. The number of rotatable bonds is 5. The number of hydrogen-bond acceptors (Lipinski definition) is 6. The predicted molar refractivity (Wildman–Crippen MR) is 139 cm³/mol. The first kappa shape index (κ1) is 26.4. The number of hydrogen-bond donors (Lipinski definition) is 3. The average molecular weight is 514 g/mol. The predicted octanol–water partition coefficient (Wildman–Crippen LogP) is 2.91. The second-order valence-corrected chi connectivity index (χ2v) is 13.0. The summed E-state index contributed by atoms with van der Waals surface area (Å²) in [6.07, 6.45) is 10.1. The molecule has 4 saturated carbocycles. The van der Waals surface area contributed by atoms with E-state index in [0.29, 0.717) is 11.8 Å². The van der Waals surface area contributed by atoms with Gasteiger partial charge in [0.15, 0.2) is 0 Å². The smallest absolute Gasteiger partial charge is 0.335 e. The maximum absolute atomic E-state index is 12.9. The van der Waals surface area contributed by atoms with Gasteiger partial charge in [-0.25, -0.2) is 4.79 Å². The SMILES string of the molecule is CN(C(=O)[C@H](N)CC(N)=O)[C@H]1CC[C@@]2(C)[C@H](CC[C@@H]3[C@@H]2CC[C@]2(C)[C@@H](c4ccc(=O)oc4)CC[C@]32O)C1. The highest BCUT2D eigenvalue weighted by molar-refractivity contribution is 5.87. The number of carbonyl (C=O) groups excluding carboxylic acids is 2. The van der Waals surface area contributed by atoms with E-state index in [1.54, 1.807) is 18.2 Å². The van der Waals surface area contributed by atoms with Crippen molar-refractivity contribution < 1.29 is 19.1 Å². The first-order valence-electron chi connectivity index (χ1n) is 14.0. The van der Waals surface area contributed by atoms with E-state index in [9.17, 15) is 19.5 Å². The van der Waals surface area contributed by atoms with Crippen molar-refractivity contribution in [2.24, 2.45) is 40.1 Å². The van der Waals surface area contributed by atoms with Gasteiger partial charge in [-0.1, -0.05) is 13.8 Å². The van der Waals surface area contributed by atoms with Crippen LogP contribution in [0.25, 0.3) is 0 Å². The molecule has 8 heteroatoms. The van der Waals surface area contributed by atoms with Gasteiger partial charge in [0, 0.05) is 24.6 Å². The van der Waals surface area contributed by atoms with E-state index in [-0.39, 0.29) is 46.7 Å². The molecule has 0 aliphatic heterocycles. The van der Waals surface area contributed by atoms with Crippen molar-refractivity contribution in [3.05, 3.63) is 34.4 Å². The summed E-state index contributed by atoms with van der Waals surface area (Å²) in [4.78, 5) is 37.4. The zero-order chi connectivity index (χ0) is 26.8. The van der Waals surface area contributed by atoms with Crippen LogP contribution in [0.4, 0.5) is 0 Å². The molecule has 4 aliphatic rings. The fourth-order valence-electron chi connectivity index (χ4n) is 9.40. The molecule has 1 heterocycles. The average Bonchev–Trinajstić information content (AvgIpc) is 3.14.